The number of morpholine rings is 2. The highest BCUT2D eigenvalue weighted by Gasteiger charge is 2.30. The van der Waals surface area contributed by atoms with Crippen LogP contribution in [0, 0.1) is 0 Å². The summed E-state index contributed by atoms with van der Waals surface area (Å²) in [6, 6.07) is 0. The number of rotatable bonds is 6. The standard InChI is InChI=1S/C16H32N2O4.2HI/c1-15(14-18(3)8-12-21-13-9-18)22-16(19)4-5-17(2)6-10-20-11-7-17;;/h15H,4-14H2,1-3H3;2*1H/q+2;;/p-2. The third-order valence-corrected chi connectivity index (χ3v) is 4.99. The first-order valence-electron chi connectivity index (χ1n) is 8.43. The largest absolute Gasteiger partial charge is 1.00 e. The van der Waals surface area contributed by atoms with E-state index in [1.165, 1.54) is 0 Å². The van der Waals surface area contributed by atoms with Gasteiger partial charge >= 0.3 is 5.97 Å². The molecule has 2 aliphatic rings. The normalized spacial score (nSPS) is 23.3. The van der Waals surface area contributed by atoms with Gasteiger partial charge in [-0.2, -0.15) is 0 Å². The Labute approximate surface area is 180 Å². The van der Waals surface area contributed by atoms with Crippen LogP contribution < -0.4 is 48.0 Å². The molecule has 0 aliphatic carbocycles. The van der Waals surface area contributed by atoms with Gasteiger partial charge in [0.05, 0.1) is 53.5 Å². The van der Waals surface area contributed by atoms with E-state index in [2.05, 4.69) is 14.1 Å². The summed E-state index contributed by atoms with van der Waals surface area (Å²) in [6.45, 7) is 10.9. The van der Waals surface area contributed by atoms with Crippen LogP contribution in [0.15, 0.2) is 0 Å². The highest BCUT2D eigenvalue weighted by molar-refractivity contribution is 5.69. The van der Waals surface area contributed by atoms with Gasteiger partial charge in [-0.3, -0.25) is 4.79 Å². The fourth-order valence-electron chi connectivity index (χ4n) is 3.28. The van der Waals surface area contributed by atoms with E-state index < -0.39 is 0 Å². The zero-order valence-corrected chi connectivity index (χ0v) is 19.5. The zero-order valence-electron chi connectivity index (χ0n) is 15.1. The third-order valence-electron chi connectivity index (χ3n) is 4.99. The number of likely N-dealkylation sites (N-methyl/N-ethyl adjacent to an activating group) is 2. The first kappa shape index (κ1) is 24.8. The minimum absolute atomic E-state index is 0. The van der Waals surface area contributed by atoms with Gasteiger partial charge in [0.2, 0.25) is 0 Å². The van der Waals surface area contributed by atoms with Gasteiger partial charge < -0.3 is 71.1 Å². The predicted octanol–water partition coefficient (Wildman–Crippen LogP) is -5.73. The van der Waals surface area contributed by atoms with E-state index in [1.807, 2.05) is 6.92 Å². The average Bonchev–Trinajstić information content (AvgIpc) is 2.46. The summed E-state index contributed by atoms with van der Waals surface area (Å²) >= 11 is 0. The number of halogens is 2. The SMILES string of the molecule is CC(C[N+]1(C)CCOCC1)OC(=O)CC[N+]1(C)CCOCC1.[I-].[I-]. The minimum atomic E-state index is -0.0711. The summed E-state index contributed by atoms with van der Waals surface area (Å²) in [6.07, 6.45) is 0.457. The topological polar surface area (TPSA) is 44.8 Å². The molecule has 2 fully saturated rings. The van der Waals surface area contributed by atoms with Crippen molar-refractivity contribution in [1.29, 1.82) is 0 Å². The van der Waals surface area contributed by atoms with Crippen LogP contribution in [0.5, 0.6) is 0 Å². The molecule has 2 rings (SSSR count). The van der Waals surface area contributed by atoms with Gasteiger partial charge in [0.15, 0.2) is 0 Å². The molecule has 2 aliphatic heterocycles. The minimum Gasteiger partial charge on any atom is -1.00 e. The van der Waals surface area contributed by atoms with E-state index in [4.69, 9.17) is 14.2 Å². The molecule has 0 amide bonds. The number of hydrogen-bond donors (Lipinski definition) is 0. The van der Waals surface area contributed by atoms with Crippen molar-refractivity contribution in [3.05, 3.63) is 0 Å². The molecule has 0 bridgehead atoms. The number of ether oxygens (including phenoxy) is 3. The molecule has 0 radical (unpaired) electrons. The first-order valence-corrected chi connectivity index (χ1v) is 8.43. The van der Waals surface area contributed by atoms with Gasteiger partial charge in [-0.1, -0.05) is 0 Å². The molecular formula is C16H32I2N2O4. The maximum Gasteiger partial charge on any atom is 0.311 e. The molecule has 2 saturated heterocycles. The summed E-state index contributed by atoms with van der Waals surface area (Å²) in [4.78, 5) is 12.1. The number of carbonyl (C=O) groups is 1. The quantitative estimate of drug-likeness (QED) is 0.182. The van der Waals surface area contributed by atoms with Gasteiger partial charge in [-0.05, 0) is 6.92 Å². The lowest BCUT2D eigenvalue weighted by Gasteiger charge is -2.39. The predicted molar refractivity (Wildman–Crippen MR) is 83.4 cm³/mol. The van der Waals surface area contributed by atoms with E-state index in [9.17, 15) is 4.79 Å². The Morgan fingerprint density at radius 2 is 1.42 bits per heavy atom. The Morgan fingerprint density at radius 1 is 0.958 bits per heavy atom. The molecular weight excluding hydrogens is 538 g/mol. The number of carbonyl (C=O) groups excluding carboxylic acids is 1. The second kappa shape index (κ2) is 11.5. The van der Waals surface area contributed by atoms with Crippen molar-refractivity contribution in [2.75, 3.05) is 79.8 Å². The van der Waals surface area contributed by atoms with E-state index in [1.54, 1.807) is 0 Å². The van der Waals surface area contributed by atoms with Crippen molar-refractivity contribution < 1.29 is 75.9 Å². The van der Waals surface area contributed by atoms with Crippen molar-refractivity contribution in [3.8, 4) is 0 Å². The van der Waals surface area contributed by atoms with Gasteiger partial charge in [0.25, 0.3) is 0 Å². The maximum atomic E-state index is 12.1. The number of esters is 1. The van der Waals surface area contributed by atoms with E-state index in [0.29, 0.717) is 6.42 Å². The summed E-state index contributed by atoms with van der Waals surface area (Å²) in [5.41, 5.74) is 0. The number of nitrogens with zero attached hydrogens (tertiary/aromatic N) is 2. The van der Waals surface area contributed by atoms with E-state index in [-0.39, 0.29) is 60.0 Å². The van der Waals surface area contributed by atoms with Crippen LogP contribution in [0.3, 0.4) is 0 Å². The van der Waals surface area contributed by atoms with Crippen molar-refractivity contribution >= 4 is 5.97 Å². The zero-order chi connectivity index (χ0) is 16.1. The molecule has 24 heavy (non-hydrogen) atoms. The molecule has 0 spiro atoms. The molecule has 144 valence electrons. The van der Waals surface area contributed by atoms with E-state index in [0.717, 1.165) is 74.7 Å². The van der Waals surface area contributed by atoms with Crippen LogP contribution >= 0.6 is 0 Å². The molecule has 6 nitrogen and oxygen atoms in total. The average molecular weight is 570 g/mol. The van der Waals surface area contributed by atoms with Crippen molar-refractivity contribution in [2.24, 2.45) is 0 Å². The Bertz CT molecular complexity index is 373. The number of hydrogen-bond acceptors (Lipinski definition) is 4. The van der Waals surface area contributed by atoms with Crippen molar-refractivity contribution in [1.82, 2.24) is 0 Å². The van der Waals surface area contributed by atoms with Gasteiger partial charge in [0.1, 0.15) is 38.8 Å². The smallest absolute Gasteiger partial charge is 0.311 e. The van der Waals surface area contributed by atoms with Crippen LogP contribution in [0.1, 0.15) is 13.3 Å². The van der Waals surface area contributed by atoms with Crippen LogP contribution in [-0.4, -0.2) is 101 Å². The summed E-state index contributed by atoms with van der Waals surface area (Å²) in [5, 5.41) is 0. The lowest BCUT2D eigenvalue weighted by atomic mass is 10.2. The molecule has 0 saturated carbocycles. The molecule has 1 atom stereocenters. The summed E-state index contributed by atoms with van der Waals surface area (Å²) in [7, 11) is 4.41. The number of quaternary nitrogens is 2. The molecule has 0 aromatic rings. The van der Waals surface area contributed by atoms with Gasteiger partial charge in [-0.25, -0.2) is 0 Å². The summed E-state index contributed by atoms with van der Waals surface area (Å²) < 4.78 is 18.3. The summed E-state index contributed by atoms with van der Waals surface area (Å²) in [5.74, 6) is -0.0711. The molecule has 1 unspecified atom stereocenters. The maximum absolute atomic E-state index is 12.1. The Balaban J connectivity index is 0.00000264. The van der Waals surface area contributed by atoms with Crippen LogP contribution in [0.4, 0.5) is 0 Å². The highest BCUT2D eigenvalue weighted by atomic mass is 127. The van der Waals surface area contributed by atoms with Crippen molar-refractivity contribution in [2.45, 2.75) is 19.4 Å². The highest BCUT2D eigenvalue weighted by Crippen LogP contribution is 2.12. The fraction of sp³-hybridized carbons (Fsp3) is 0.938. The van der Waals surface area contributed by atoms with Crippen LogP contribution in [0.2, 0.25) is 0 Å². The second-order valence-corrected chi connectivity index (χ2v) is 7.31. The molecule has 2 heterocycles. The fourth-order valence-corrected chi connectivity index (χ4v) is 3.28. The van der Waals surface area contributed by atoms with Crippen molar-refractivity contribution in [3.63, 3.8) is 0 Å². The van der Waals surface area contributed by atoms with E-state index >= 15 is 0 Å². The molecule has 0 N–H and O–H groups in total. The Kier molecular flexibility index (Phi) is 11.8. The van der Waals surface area contributed by atoms with Crippen LogP contribution in [0.25, 0.3) is 0 Å². The Morgan fingerprint density at radius 3 is 1.92 bits per heavy atom. The second-order valence-electron chi connectivity index (χ2n) is 7.31. The lowest BCUT2D eigenvalue weighted by molar-refractivity contribution is -0.919. The molecule has 8 heteroatoms. The van der Waals surface area contributed by atoms with Gasteiger partial charge in [0, 0.05) is 0 Å². The Hall–Kier alpha value is 0.770. The monoisotopic (exact) mass is 570 g/mol. The van der Waals surface area contributed by atoms with Gasteiger partial charge in [-0.15, -0.1) is 0 Å². The van der Waals surface area contributed by atoms with Crippen LogP contribution in [-0.2, 0) is 19.0 Å². The lowest BCUT2D eigenvalue weighted by Crippen LogP contribution is -3.00. The molecule has 0 aromatic heterocycles. The third kappa shape index (κ3) is 8.43. The first-order chi connectivity index (χ1) is 10.4. The molecule has 0 aromatic carbocycles.